The minimum atomic E-state index is -0.604. The highest BCUT2D eigenvalue weighted by Gasteiger charge is 2.23. The van der Waals surface area contributed by atoms with Crippen molar-refractivity contribution in [2.75, 3.05) is 0 Å². The van der Waals surface area contributed by atoms with Gasteiger partial charge in [-0.3, -0.25) is 9.59 Å². The van der Waals surface area contributed by atoms with Crippen molar-refractivity contribution in [2.45, 2.75) is 44.7 Å². The quantitative estimate of drug-likeness (QED) is 0.942. The zero-order valence-corrected chi connectivity index (χ0v) is 13.3. The second kappa shape index (κ2) is 6.44. The molecule has 1 aliphatic carbocycles. The van der Waals surface area contributed by atoms with E-state index in [4.69, 9.17) is 0 Å². The fourth-order valence-electron chi connectivity index (χ4n) is 2.76. The van der Waals surface area contributed by atoms with E-state index in [0.29, 0.717) is 0 Å². The van der Waals surface area contributed by atoms with Crippen molar-refractivity contribution < 1.29 is 4.79 Å². The van der Waals surface area contributed by atoms with Gasteiger partial charge in [-0.2, -0.15) is 5.10 Å². The van der Waals surface area contributed by atoms with E-state index in [1.807, 2.05) is 17.5 Å². The van der Waals surface area contributed by atoms with Crippen LogP contribution in [0.1, 0.15) is 38.6 Å². The summed E-state index contributed by atoms with van der Waals surface area (Å²) < 4.78 is 1.28. The Bertz CT molecular complexity index is 702. The first-order valence-electron chi connectivity index (χ1n) is 7.59. The third-order valence-electron chi connectivity index (χ3n) is 4.05. The summed E-state index contributed by atoms with van der Waals surface area (Å²) >= 11 is 1.56. The summed E-state index contributed by atoms with van der Waals surface area (Å²) in [4.78, 5) is 25.4. The molecule has 6 heteroatoms. The minimum Gasteiger partial charge on any atom is -0.352 e. The van der Waals surface area contributed by atoms with Gasteiger partial charge in [0.2, 0.25) is 5.91 Å². The Kier molecular flexibility index (Phi) is 4.38. The van der Waals surface area contributed by atoms with E-state index < -0.39 is 6.04 Å². The predicted octanol–water partition coefficient (Wildman–Crippen LogP) is 2.59. The average Bonchev–Trinajstić information content (AvgIpc) is 3.20. The summed E-state index contributed by atoms with van der Waals surface area (Å²) in [7, 11) is 0. The third kappa shape index (κ3) is 3.11. The number of nitrogens with one attached hydrogen (secondary N) is 1. The van der Waals surface area contributed by atoms with E-state index in [2.05, 4.69) is 10.4 Å². The van der Waals surface area contributed by atoms with E-state index in [9.17, 15) is 9.59 Å². The molecule has 0 aliphatic heterocycles. The van der Waals surface area contributed by atoms with Gasteiger partial charge in [-0.25, -0.2) is 4.68 Å². The van der Waals surface area contributed by atoms with Gasteiger partial charge in [0.05, 0.1) is 4.88 Å². The first-order valence-corrected chi connectivity index (χ1v) is 8.47. The maximum Gasteiger partial charge on any atom is 0.267 e. The summed E-state index contributed by atoms with van der Waals surface area (Å²) in [6.07, 6.45) is 4.36. The maximum atomic E-state index is 12.3. The lowest BCUT2D eigenvalue weighted by molar-refractivity contribution is -0.124. The van der Waals surface area contributed by atoms with Crippen molar-refractivity contribution in [3.05, 3.63) is 40.0 Å². The van der Waals surface area contributed by atoms with Crippen molar-refractivity contribution >= 4 is 17.2 Å². The lowest BCUT2D eigenvalue weighted by atomic mass is 10.2. The summed E-state index contributed by atoms with van der Waals surface area (Å²) in [5.74, 6) is -0.134. The van der Waals surface area contributed by atoms with Gasteiger partial charge < -0.3 is 5.32 Å². The molecule has 0 spiro atoms. The Morgan fingerprint density at radius 3 is 2.82 bits per heavy atom. The number of nitrogens with zero attached hydrogens (tertiary/aromatic N) is 2. The molecule has 1 fully saturated rings. The Hall–Kier alpha value is -1.95. The summed E-state index contributed by atoms with van der Waals surface area (Å²) in [5.41, 5.74) is 0.462. The predicted molar refractivity (Wildman–Crippen MR) is 86.9 cm³/mol. The van der Waals surface area contributed by atoms with Crippen molar-refractivity contribution in [2.24, 2.45) is 0 Å². The third-order valence-corrected chi connectivity index (χ3v) is 4.94. The van der Waals surface area contributed by atoms with Crippen LogP contribution in [0.5, 0.6) is 0 Å². The largest absolute Gasteiger partial charge is 0.352 e. The molecule has 1 aliphatic rings. The molecular weight excluding hydrogens is 298 g/mol. The van der Waals surface area contributed by atoms with Crippen LogP contribution in [-0.2, 0) is 4.79 Å². The highest BCUT2D eigenvalue weighted by atomic mass is 32.1. The summed E-state index contributed by atoms with van der Waals surface area (Å²) in [6, 6.07) is 6.70. The van der Waals surface area contributed by atoms with Gasteiger partial charge >= 0.3 is 0 Å². The van der Waals surface area contributed by atoms with Crippen molar-refractivity contribution in [3.8, 4) is 10.6 Å². The highest BCUT2D eigenvalue weighted by Crippen LogP contribution is 2.22. The molecule has 1 unspecified atom stereocenters. The van der Waals surface area contributed by atoms with Crippen LogP contribution in [0.4, 0.5) is 0 Å². The van der Waals surface area contributed by atoms with Gasteiger partial charge in [0.15, 0.2) is 0 Å². The van der Waals surface area contributed by atoms with Gasteiger partial charge in [-0.05, 0) is 37.3 Å². The fraction of sp³-hybridized carbons (Fsp3) is 0.438. The van der Waals surface area contributed by atoms with Crippen LogP contribution in [0.2, 0.25) is 0 Å². The van der Waals surface area contributed by atoms with E-state index in [0.717, 1.165) is 36.3 Å². The molecule has 0 radical (unpaired) electrons. The maximum absolute atomic E-state index is 12.3. The molecule has 1 amide bonds. The van der Waals surface area contributed by atoms with Gasteiger partial charge in [0, 0.05) is 12.1 Å². The Morgan fingerprint density at radius 2 is 2.14 bits per heavy atom. The first kappa shape index (κ1) is 15.0. The number of hydrogen-bond acceptors (Lipinski definition) is 4. The van der Waals surface area contributed by atoms with Crippen molar-refractivity contribution in [3.63, 3.8) is 0 Å². The molecule has 22 heavy (non-hydrogen) atoms. The molecule has 0 aromatic carbocycles. The van der Waals surface area contributed by atoms with Gasteiger partial charge in [-0.15, -0.1) is 11.3 Å². The van der Waals surface area contributed by atoms with E-state index in [1.165, 1.54) is 10.7 Å². The smallest absolute Gasteiger partial charge is 0.267 e. The second-order valence-corrected chi connectivity index (χ2v) is 6.59. The van der Waals surface area contributed by atoms with Crippen LogP contribution in [0.3, 0.4) is 0 Å². The zero-order chi connectivity index (χ0) is 15.5. The van der Waals surface area contributed by atoms with Crippen molar-refractivity contribution in [1.82, 2.24) is 15.1 Å². The molecule has 116 valence electrons. The number of thiophene rings is 1. The second-order valence-electron chi connectivity index (χ2n) is 5.64. The highest BCUT2D eigenvalue weighted by molar-refractivity contribution is 7.13. The molecule has 2 aromatic heterocycles. The van der Waals surface area contributed by atoms with Crippen LogP contribution >= 0.6 is 11.3 Å². The lowest BCUT2D eigenvalue weighted by Crippen LogP contribution is -2.40. The molecule has 5 nitrogen and oxygen atoms in total. The zero-order valence-electron chi connectivity index (χ0n) is 12.5. The Morgan fingerprint density at radius 1 is 1.36 bits per heavy atom. The minimum absolute atomic E-state index is 0.134. The first-order chi connectivity index (χ1) is 10.6. The fourth-order valence-corrected chi connectivity index (χ4v) is 3.45. The SMILES string of the molecule is CC(C(=O)NC1CCCC1)n1nc(-c2cccs2)ccc1=O. The van der Waals surface area contributed by atoms with Crippen LogP contribution in [0.15, 0.2) is 34.4 Å². The Labute approximate surface area is 133 Å². The molecule has 1 atom stereocenters. The number of rotatable bonds is 4. The number of carbonyl (C=O) groups excluding carboxylic acids is 1. The van der Waals surface area contributed by atoms with Crippen LogP contribution in [0.25, 0.3) is 10.6 Å². The van der Waals surface area contributed by atoms with Crippen LogP contribution in [-0.4, -0.2) is 21.7 Å². The molecule has 1 N–H and O–H groups in total. The lowest BCUT2D eigenvalue weighted by Gasteiger charge is -2.18. The Balaban J connectivity index is 1.81. The molecular formula is C16H19N3O2S. The topological polar surface area (TPSA) is 64.0 Å². The monoisotopic (exact) mass is 317 g/mol. The molecule has 3 rings (SSSR count). The van der Waals surface area contributed by atoms with Gasteiger partial charge in [-0.1, -0.05) is 18.9 Å². The number of carbonyl (C=O) groups is 1. The van der Waals surface area contributed by atoms with Crippen molar-refractivity contribution in [1.29, 1.82) is 0 Å². The van der Waals surface area contributed by atoms with Crippen LogP contribution < -0.4 is 10.9 Å². The van der Waals surface area contributed by atoms with Gasteiger partial charge in [0.1, 0.15) is 11.7 Å². The van der Waals surface area contributed by atoms with E-state index in [-0.39, 0.29) is 17.5 Å². The number of aromatic nitrogens is 2. The summed E-state index contributed by atoms with van der Waals surface area (Å²) in [6.45, 7) is 1.72. The summed E-state index contributed by atoms with van der Waals surface area (Å²) in [5, 5.41) is 9.35. The molecule has 2 aromatic rings. The molecule has 0 saturated heterocycles. The van der Waals surface area contributed by atoms with E-state index in [1.54, 1.807) is 24.3 Å². The molecule has 2 heterocycles. The average molecular weight is 317 g/mol. The standard InChI is InChI=1S/C16H19N3O2S/c1-11(16(21)17-12-5-2-3-6-12)19-15(20)9-8-13(18-19)14-7-4-10-22-14/h4,7-12H,2-3,5-6H2,1H3,(H,17,21). The van der Waals surface area contributed by atoms with Gasteiger partial charge in [0.25, 0.3) is 5.56 Å². The normalized spacial score (nSPS) is 16.6. The number of amides is 1. The molecule has 1 saturated carbocycles. The molecule has 0 bridgehead atoms. The number of hydrogen-bond donors (Lipinski definition) is 1. The van der Waals surface area contributed by atoms with Crippen LogP contribution in [0, 0.1) is 0 Å². The van der Waals surface area contributed by atoms with E-state index >= 15 is 0 Å².